The molecule has 0 rings (SSSR count). The van der Waals surface area contributed by atoms with Crippen LogP contribution >= 0.6 is 0 Å². The highest BCUT2D eigenvalue weighted by atomic mass is 16.5. The molecule has 98 valence electrons. The second-order valence-corrected chi connectivity index (χ2v) is 2.91. The number of carbonyl (C=O) groups is 1. The normalized spacial score (nSPS) is 11.5. The van der Waals surface area contributed by atoms with Crippen molar-refractivity contribution in [1.29, 1.82) is 0 Å². The molecule has 1 unspecified atom stereocenters. The number of aliphatic hydroxyl groups excluding tert-OH is 2. The molecule has 1 atom stereocenters. The summed E-state index contributed by atoms with van der Waals surface area (Å²) in [5.74, 6) is -0.900. The predicted octanol–water partition coefficient (Wildman–Crippen LogP) is -0.126. The van der Waals surface area contributed by atoms with Crippen LogP contribution in [0.4, 0.5) is 0 Å². The van der Waals surface area contributed by atoms with Crippen LogP contribution in [0.5, 0.6) is 0 Å². The molecule has 0 aliphatic carbocycles. The molecule has 0 spiro atoms. The van der Waals surface area contributed by atoms with E-state index in [2.05, 4.69) is 4.74 Å². The van der Waals surface area contributed by atoms with Gasteiger partial charge in [-0.1, -0.05) is 6.92 Å². The molecule has 0 bridgehead atoms. The van der Waals surface area contributed by atoms with Crippen molar-refractivity contribution >= 4 is 5.97 Å². The lowest BCUT2D eigenvalue weighted by Gasteiger charge is -2.05. The van der Waals surface area contributed by atoms with Crippen LogP contribution in [0.3, 0.4) is 0 Å². The molecule has 0 aliphatic rings. The van der Waals surface area contributed by atoms with E-state index in [0.29, 0.717) is 19.8 Å². The highest BCUT2D eigenvalue weighted by molar-refractivity contribution is 5.71. The number of ether oxygens (including phenoxy) is 2. The fraction of sp³-hybridized carbons (Fsp3) is 0.900. The van der Waals surface area contributed by atoms with Gasteiger partial charge >= 0.3 is 5.97 Å². The quantitative estimate of drug-likeness (QED) is 0.510. The Morgan fingerprint density at radius 1 is 1.19 bits per heavy atom. The van der Waals surface area contributed by atoms with Gasteiger partial charge in [-0.2, -0.15) is 0 Å². The van der Waals surface area contributed by atoms with Gasteiger partial charge in [0.05, 0.1) is 26.4 Å². The van der Waals surface area contributed by atoms with Crippen LogP contribution in [0.1, 0.15) is 20.3 Å². The lowest BCUT2D eigenvalue weighted by atomic mass is 10.4. The molecule has 0 aliphatic heterocycles. The summed E-state index contributed by atoms with van der Waals surface area (Å²) in [5, 5.41) is 24.5. The fourth-order valence-electron chi connectivity index (χ4n) is 0.597. The molecule has 3 N–H and O–H groups in total. The molecule has 16 heavy (non-hydrogen) atoms. The molecule has 0 fully saturated rings. The Bertz CT molecular complexity index is 146. The zero-order chi connectivity index (χ0) is 12.8. The predicted molar refractivity (Wildman–Crippen MR) is 58.3 cm³/mol. The third kappa shape index (κ3) is 15.8. The second kappa shape index (κ2) is 14.3. The molecule has 0 saturated heterocycles. The molecule has 0 heterocycles. The van der Waals surface area contributed by atoms with Gasteiger partial charge in [-0.15, -0.1) is 0 Å². The number of carboxylic acids is 1. The van der Waals surface area contributed by atoms with Gasteiger partial charge in [0.2, 0.25) is 0 Å². The van der Waals surface area contributed by atoms with Crippen molar-refractivity contribution in [2.45, 2.75) is 26.4 Å². The van der Waals surface area contributed by atoms with Crippen LogP contribution < -0.4 is 0 Å². The molecule has 0 aromatic carbocycles. The third-order valence-corrected chi connectivity index (χ3v) is 1.39. The van der Waals surface area contributed by atoms with Crippen LogP contribution in [0.15, 0.2) is 0 Å². The van der Waals surface area contributed by atoms with Crippen molar-refractivity contribution < 1.29 is 29.6 Å². The van der Waals surface area contributed by atoms with Crippen molar-refractivity contribution in [3.8, 4) is 0 Å². The first-order valence-corrected chi connectivity index (χ1v) is 5.24. The summed E-state index contributed by atoms with van der Waals surface area (Å²) in [7, 11) is 0. The van der Waals surface area contributed by atoms with Crippen molar-refractivity contribution in [2.24, 2.45) is 0 Å². The summed E-state index contributed by atoms with van der Waals surface area (Å²) >= 11 is 0. The van der Waals surface area contributed by atoms with Gasteiger partial charge < -0.3 is 24.8 Å². The lowest BCUT2D eigenvalue weighted by molar-refractivity contribution is -0.149. The van der Waals surface area contributed by atoms with Gasteiger partial charge in [-0.05, 0) is 13.3 Å². The van der Waals surface area contributed by atoms with Crippen molar-refractivity contribution in [2.75, 3.05) is 33.0 Å². The van der Waals surface area contributed by atoms with Gasteiger partial charge in [-0.25, -0.2) is 4.79 Å². The van der Waals surface area contributed by atoms with Gasteiger partial charge in [-0.3, -0.25) is 0 Å². The SMILES string of the molecule is CCCOC(C)C(=O)O.OCCOCCO. The molecular weight excluding hydrogens is 216 g/mol. The van der Waals surface area contributed by atoms with Gasteiger partial charge in [0, 0.05) is 6.61 Å². The van der Waals surface area contributed by atoms with Gasteiger partial charge in [0.25, 0.3) is 0 Å². The lowest BCUT2D eigenvalue weighted by Crippen LogP contribution is -2.19. The van der Waals surface area contributed by atoms with E-state index in [1.165, 1.54) is 6.92 Å². The van der Waals surface area contributed by atoms with E-state index in [1.807, 2.05) is 6.92 Å². The number of rotatable bonds is 8. The van der Waals surface area contributed by atoms with Crippen LogP contribution in [-0.4, -0.2) is 60.4 Å². The molecule has 0 amide bonds. The largest absolute Gasteiger partial charge is 0.479 e. The van der Waals surface area contributed by atoms with E-state index in [-0.39, 0.29) is 13.2 Å². The van der Waals surface area contributed by atoms with Crippen LogP contribution in [-0.2, 0) is 14.3 Å². The van der Waals surface area contributed by atoms with E-state index in [0.717, 1.165) is 6.42 Å². The number of hydrogen-bond donors (Lipinski definition) is 3. The summed E-state index contributed by atoms with van der Waals surface area (Å²) in [4.78, 5) is 10.1. The van der Waals surface area contributed by atoms with Crippen LogP contribution in [0, 0.1) is 0 Å². The summed E-state index contributed by atoms with van der Waals surface area (Å²) in [6.07, 6.45) is 0.197. The van der Waals surface area contributed by atoms with E-state index in [1.54, 1.807) is 0 Å². The Morgan fingerprint density at radius 3 is 2.00 bits per heavy atom. The first-order valence-electron chi connectivity index (χ1n) is 5.24. The maximum absolute atomic E-state index is 10.1. The number of aliphatic hydroxyl groups is 2. The average Bonchev–Trinajstić information content (AvgIpc) is 2.27. The fourth-order valence-corrected chi connectivity index (χ4v) is 0.597. The Kier molecular flexibility index (Phi) is 15.8. The maximum Gasteiger partial charge on any atom is 0.332 e. The number of hydrogen-bond acceptors (Lipinski definition) is 5. The zero-order valence-electron chi connectivity index (χ0n) is 9.89. The first kappa shape index (κ1) is 17.7. The highest BCUT2D eigenvalue weighted by Crippen LogP contribution is 1.90. The van der Waals surface area contributed by atoms with Gasteiger partial charge in [0.15, 0.2) is 6.10 Å². The minimum atomic E-state index is -0.900. The molecule has 0 radical (unpaired) electrons. The molecule has 0 saturated carbocycles. The standard InChI is InChI=1S/C6H12O3.C4H10O3/c1-3-4-9-5(2)6(7)8;5-1-3-7-4-2-6/h5H,3-4H2,1-2H3,(H,7,8);5-6H,1-4H2. The maximum atomic E-state index is 10.1. The third-order valence-electron chi connectivity index (χ3n) is 1.39. The van der Waals surface area contributed by atoms with Crippen molar-refractivity contribution in [1.82, 2.24) is 0 Å². The number of aliphatic carboxylic acids is 1. The Hall–Kier alpha value is -0.690. The topological polar surface area (TPSA) is 96.2 Å². The second-order valence-electron chi connectivity index (χ2n) is 2.91. The Labute approximate surface area is 95.8 Å². The monoisotopic (exact) mass is 238 g/mol. The van der Waals surface area contributed by atoms with E-state index >= 15 is 0 Å². The highest BCUT2D eigenvalue weighted by Gasteiger charge is 2.08. The van der Waals surface area contributed by atoms with E-state index in [4.69, 9.17) is 20.1 Å². The molecular formula is C10H22O6. The average molecular weight is 238 g/mol. The Balaban J connectivity index is 0. The molecule has 0 aromatic rings. The minimum absolute atomic E-state index is 0.0278. The minimum Gasteiger partial charge on any atom is -0.479 e. The van der Waals surface area contributed by atoms with E-state index < -0.39 is 12.1 Å². The van der Waals surface area contributed by atoms with Gasteiger partial charge in [0.1, 0.15) is 0 Å². The Morgan fingerprint density at radius 2 is 1.69 bits per heavy atom. The van der Waals surface area contributed by atoms with Crippen LogP contribution in [0.25, 0.3) is 0 Å². The van der Waals surface area contributed by atoms with Crippen molar-refractivity contribution in [3.05, 3.63) is 0 Å². The first-order chi connectivity index (χ1) is 7.59. The molecule has 6 nitrogen and oxygen atoms in total. The van der Waals surface area contributed by atoms with Crippen LogP contribution in [0.2, 0.25) is 0 Å². The smallest absolute Gasteiger partial charge is 0.332 e. The molecule has 6 heteroatoms. The summed E-state index contributed by atoms with van der Waals surface area (Å²) in [5.41, 5.74) is 0. The van der Waals surface area contributed by atoms with Crippen molar-refractivity contribution in [3.63, 3.8) is 0 Å². The van der Waals surface area contributed by atoms with E-state index in [9.17, 15) is 4.79 Å². The summed E-state index contributed by atoms with van der Waals surface area (Å²) in [6, 6.07) is 0. The zero-order valence-corrected chi connectivity index (χ0v) is 9.89. The number of carboxylic acid groups (broad SMARTS) is 1. The molecule has 0 aromatic heterocycles. The summed E-state index contributed by atoms with van der Waals surface area (Å²) in [6.45, 7) is 4.68. The summed E-state index contributed by atoms with van der Waals surface area (Å²) < 4.78 is 9.48.